The fourth-order valence-electron chi connectivity index (χ4n) is 1.85. The van der Waals surface area contributed by atoms with Crippen molar-refractivity contribution in [3.63, 3.8) is 0 Å². The molecule has 0 spiro atoms. The molecule has 3 heteroatoms. The van der Waals surface area contributed by atoms with Gasteiger partial charge in [-0.15, -0.1) is 0 Å². The third-order valence-corrected chi connectivity index (χ3v) is 2.85. The van der Waals surface area contributed by atoms with E-state index in [1.165, 1.54) is 32.1 Å². The zero-order valence-corrected chi connectivity index (χ0v) is 11.5. The van der Waals surface area contributed by atoms with Crippen LogP contribution >= 0.6 is 0 Å². The number of nitrogens with two attached hydrogens (primary N) is 1. The Morgan fingerprint density at radius 2 is 1.59 bits per heavy atom. The van der Waals surface area contributed by atoms with Gasteiger partial charge in [0.15, 0.2) is 0 Å². The molecule has 0 fully saturated rings. The van der Waals surface area contributed by atoms with Crippen LogP contribution in [-0.4, -0.2) is 18.6 Å². The summed E-state index contributed by atoms with van der Waals surface area (Å²) in [7, 11) is 0. The Morgan fingerprint density at radius 1 is 1.06 bits per heavy atom. The van der Waals surface area contributed by atoms with Crippen LogP contribution in [0.5, 0.6) is 0 Å². The van der Waals surface area contributed by atoms with E-state index in [0.717, 1.165) is 19.3 Å². The van der Waals surface area contributed by atoms with Crippen LogP contribution in [0.25, 0.3) is 0 Å². The second-order valence-corrected chi connectivity index (χ2v) is 4.80. The van der Waals surface area contributed by atoms with Crippen molar-refractivity contribution in [1.82, 2.24) is 0 Å². The average molecular weight is 243 g/mol. The number of carbonyl (C=O) groups excluding carboxylic acids is 1. The molecule has 0 amide bonds. The number of carbonyl (C=O) groups is 1. The molecule has 0 aromatic heterocycles. The first-order chi connectivity index (χ1) is 8.16. The molecule has 0 aromatic rings. The molecule has 0 aliphatic rings. The highest BCUT2D eigenvalue weighted by molar-refractivity contribution is 5.69. The summed E-state index contributed by atoms with van der Waals surface area (Å²) in [6, 6.07) is 0.347. The van der Waals surface area contributed by atoms with Crippen molar-refractivity contribution < 1.29 is 9.53 Å². The molecule has 1 atom stereocenters. The lowest BCUT2D eigenvalue weighted by Gasteiger charge is -2.04. The molecule has 0 aromatic carbocycles. The van der Waals surface area contributed by atoms with Gasteiger partial charge in [-0.3, -0.25) is 4.79 Å². The molecular weight excluding hydrogens is 214 g/mol. The molecule has 0 rings (SSSR count). The molecule has 0 aliphatic carbocycles. The maximum Gasteiger partial charge on any atom is 0.305 e. The van der Waals surface area contributed by atoms with E-state index < -0.39 is 0 Å². The highest BCUT2D eigenvalue weighted by Gasteiger charge is 2.00. The summed E-state index contributed by atoms with van der Waals surface area (Å²) < 4.78 is 4.87. The normalized spacial score (nSPS) is 12.4. The molecule has 2 N–H and O–H groups in total. The lowest BCUT2D eigenvalue weighted by molar-refractivity contribution is -0.143. The van der Waals surface area contributed by atoms with Gasteiger partial charge in [-0.2, -0.15) is 0 Å². The molecule has 3 nitrogen and oxygen atoms in total. The fraction of sp³-hybridized carbons (Fsp3) is 0.929. The first-order valence-corrected chi connectivity index (χ1v) is 7.08. The van der Waals surface area contributed by atoms with E-state index in [0.29, 0.717) is 19.1 Å². The number of rotatable bonds is 11. The summed E-state index contributed by atoms with van der Waals surface area (Å²) in [5.74, 6) is -0.0515. The van der Waals surface area contributed by atoms with Crippen molar-refractivity contribution >= 4 is 5.97 Å². The fourth-order valence-corrected chi connectivity index (χ4v) is 1.85. The van der Waals surface area contributed by atoms with Gasteiger partial charge < -0.3 is 10.5 Å². The number of hydrogen-bond acceptors (Lipinski definition) is 3. The minimum Gasteiger partial charge on any atom is -0.466 e. The lowest BCUT2D eigenvalue weighted by atomic mass is 10.1. The summed E-state index contributed by atoms with van der Waals surface area (Å²) in [6.07, 6.45) is 10.2. The van der Waals surface area contributed by atoms with Crippen LogP contribution in [0.1, 0.15) is 71.6 Å². The first-order valence-electron chi connectivity index (χ1n) is 7.08. The maximum absolute atomic E-state index is 11.0. The van der Waals surface area contributed by atoms with Crippen LogP contribution in [0.4, 0.5) is 0 Å². The predicted octanol–water partition coefficient (Wildman–Crippen LogP) is 3.41. The highest BCUT2D eigenvalue weighted by Crippen LogP contribution is 2.10. The SMILES string of the molecule is CCOC(=O)CCCCCCCCCC(C)N. The molecule has 0 heterocycles. The van der Waals surface area contributed by atoms with Gasteiger partial charge in [-0.25, -0.2) is 0 Å². The van der Waals surface area contributed by atoms with E-state index in [2.05, 4.69) is 6.92 Å². The topological polar surface area (TPSA) is 52.3 Å². The quantitative estimate of drug-likeness (QED) is 0.447. The van der Waals surface area contributed by atoms with E-state index in [4.69, 9.17) is 10.5 Å². The molecule has 0 radical (unpaired) electrons. The zero-order chi connectivity index (χ0) is 12.9. The monoisotopic (exact) mass is 243 g/mol. The van der Waals surface area contributed by atoms with Gasteiger partial charge in [0.25, 0.3) is 0 Å². The van der Waals surface area contributed by atoms with Gasteiger partial charge in [0.2, 0.25) is 0 Å². The smallest absolute Gasteiger partial charge is 0.305 e. The van der Waals surface area contributed by atoms with Crippen molar-refractivity contribution in [2.75, 3.05) is 6.61 Å². The van der Waals surface area contributed by atoms with Gasteiger partial charge >= 0.3 is 5.97 Å². The Morgan fingerprint density at radius 3 is 2.12 bits per heavy atom. The van der Waals surface area contributed by atoms with Gasteiger partial charge in [-0.1, -0.05) is 38.5 Å². The second-order valence-electron chi connectivity index (χ2n) is 4.80. The third-order valence-electron chi connectivity index (χ3n) is 2.85. The Hall–Kier alpha value is -0.570. The third kappa shape index (κ3) is 13.4. The Bertz CT molecular complexity index is 181. The molecular formula is C14H29NO2. The number of esters is 1. The molecule has 0 saturated carbocycles. The first kappa shape index (κ1) is 16.4. The summed E-state index contributed by atoms with van der Waals surface area (Å²) in [5, 5.41) is 0. The van der Waals surface area contributed by atoms with Gasteiger partial charge in [-0.05, 0) is 26.7 Å². The van der Waals surface area contributed by atoms with Crippen molar-refractivity contribution in [3.05, 3.63) is 0 Å². The number of ether oxygens (including phenoxy) is 1. The van der Waals surface area contributed by atoms with Crippen LogP contribution < -0.4 is 5.73 Å². The van der Waals surface area contributed by atoms with Crippen molar-refractivity contribution in [3.8, 4) is 0 Å². The van der Waals surface area contributed by atoms with E-state index in [-0.39, 0.29) is 5.97 Å². The maximum atomic E-state index is 11.0. The van der Waals surface area contributed by atoms with Crippen molar-refractivity contribution in [1.29, 1.82) is 0 Å². The van der Waals surface area contributed by atoms with Crippen LogP contribution in [0.3, 0.4) is 0 Å². The van der Waals surface area contributed by atoms with Crippen LogP contribution in [0, 0.1) is 0 Å². The Kier molecular flexibility index (Phi) is 11.5. The summed E-state index contributed by atoms with van der Waals surface area (Å²) in [6.45, 7) is 4.41. The number of unbranched alkanes of at least 4 members (excludes halogenated alkanes) is 6. The largest absolute Gasteiger partial charge is 0.466 e. The molecule has 17 heavy (non-hydrogen) atoms. The van der Waals surface area contributed by atoms with Gasteiger partial charge in [0, 0.05) is 12.5 Å². The minimum atomic E-state index is -0.0515. The van der Waals surface area contributed by atoms with Crippen LogP contribution in [-0.2, 0) is 9.53 Å². The predicted molar refractivity (Wildman–Crippen MR) is 71.8 cm³/mol. The van der Waals surface area contributed by atoms with Gasteiger partial charge in [0.1, 0.15) is 0 Å². The summed E-state index contributed by atoms with van der Waals surface area (Å²) in [4.78, 5) is 11.0. The molecule has 0 bridgehead atoms. The zero-order valence-electron chi connectivity index (χ0n) is 11.5. The van der Waals surface area contributed by atoms with Crippen molar-refractivity contribution in [2.45, 2.75) is 77.7 Å². The van der Waals surface area contributed by atoms with Gasteiger partial charge in [0.05, 0.1) is 6.61 Å². The number of hydrogen-bond donors (Lipinski definition) is 1. The highest BCUT2D eigenvalue weighted by atomic mass is 16.5. The van der Waals surface area contributed by atoms with Crippen LogP contribution in [0.2, 0.25) is 0 Å². The second kappa shape index (κ2) is 11.9. The summed E-state index contributed by atoms with van der Waals surface area (Å²) >= 11 is 0. The van der Waals surface area contributed by atoms with Crippen molar-refractivity contribution in [2.24, 2.45) is 5.73 Å². The van der Waals surface area contributed by atoms with E-state index in [1.54, 1.807) is 0 Å². The molecule has 1 unspecified atom stereocenters. The average Bonchev–Trinajstić information content (AvgIpc) is 2.27. The minimum absolute atomic E-state index is 0.0515. The summed E-state index contributed by atoms with van der Waals surface area (Å²) in [5.41, 5.74) is 5.68. The van der Waals surface area contributed by atoms with E-state index in [9.17, 15) is 4.79 Å². The van der Waals surface area contributed by atoms with Crippen LogP contribution in [0.15, 0.2) is 0 Å². The lowest BCUT2D eigenvalue weighted by Crippen LogP contribution is -2.13. The Balaban J connectivity index is 3.06. The molecule has 0 saturated heterocycles. The Labute approximate surface area is 106 Å². The standard InChI is InChI=1S/C14H29NO2/c1-3-17-14(16)12-10-8-6-4-5-7-9-11-13(2)15/h13H,3-12,15H2,1-2H3. The molecule has 0 aliphatic heterocycles. The van der Waals surface area contributed by atoms with E-state index >= 15 is 0 Å². The van der Waals surface area contributed by atoms with E-state index in [1.807, 2.05) is 6.92 Å². The molecule has 102 valence electrons.